The predicted molar refractivity (Wildman–Crippen MR) is 176 cm³/mol. The van der Waals surface area contributed by atoms with Crippen molar-refractivity contribution in [3.63, 3.8) is 0 Å². The standard InChI is InChI=1S/C26H18BN6O2P.3C2H6/c1-36(2,34)35-27-32-23-17-11-5-7-13-19(17)25(32)31-26-20-14-8-6-12-18(20)24(33(26)27)30-22-16-10-4-3-9-15(16)21(28-22)29-23;3*1-2/h3-14H,1-2H3;3*1-2H3. The van der Waals surface area contributed by atoms with Gasteiger partial charge in [0.25, 0.3) is 0 Å². The van der Waals surface area contributed by atoms with E-state index in [0.29, 0.717) is 34.3 Å². The average molecular weight is 578 g/mol. The fourth-order valence-corrected chi connectivity index (χ4v) is 5.99. The monoisotopic (exact) mass is 578 g/mol. The molecule has 0 spiro atoms. The summed E-state index contributed by atoms with van der Waals surface area (Å²) in [4.78, 5) is 20.2. The van der Waals surface area contributed by atoms with Gasteiger partial charge in [0, 0.05) is 46.0 Å². The van der Waals surface area contributed by atoms with Crippen LogP contribution < -0.4 is 11.0 Å². The lowest BCUT2D eigenvalue weighted by atomic mass is 10.00. The fraction of sp³-hybridized carbons (Fsp3) is 0.250. The number of aliphatic imine (C=N–C) groups is 2. The minimum atomic E-state index is -2.96. The van der Waals surface area contributed by atoms with Crippen LogP contribution in [-0.4, -0.2) is 41.1 Å². The summed E-state index contributed by atoms with van der Waals surface area (Å²) in [6.07, 6.45) is 0. The topological polar surface area (TPSA) is 85.6 Å². The first-order chi connectivity index (χ1) is 20.5. The lowest BCUT2D eigenvalue weighted by molar-refractivity contribution is 0.483. The highest BCUT2D eigenvalue weighted by Gasteiger charge is 2.40. The van der Waals surface area contributed by atoms with Crippen LogP contribution in [0, 0.1) is 0 Å². The molecular formula is C32H36BN6O2P. The van der Waals surface area contributed by atoms with Gasteiger partial charge in [-0.15, -0.1) is 0 Å². The number of hydrogen-bond donors (Lipinski definition) is 0. The van der Waals surface area contributed by atoms with Gasteiger partial charge in [-0.25, -0.2) is 20.0 Å². The first-order valence-corrected chi connectivity index (χ1v) is 17.2. The number of rotatable bonds is 2. The third kappa shape index (κ3) is 4.57. The smallest absolute Gasteiger partial charge is 0.346 e. The van der Waals surface area contributed by atoms with Crippen LogP contribution in [0.1, 0.15) is 52.7 Å². The molecule has 0 atom stereocenters. The summed E-state index contributed by atoms with van der Waals surface area (Å²) in [5.74, 6) is 2.54. The molecule has 0 radical (unpaired) electrons. The van der Waals surface area contributed by atoms with E-state index in [-0.39, 0.29) is 0 Å². The van der Waals surface area contributed by atoms with Crippen LogP contribution in [0.3, 0.4) is 0 Å². The Morgan fingerprint density at radius 2 is 1.00 bits per heavy atom. The molecule has 10 heteroatoms. The van der Waals surface area contributed by atoms with Crippen LogP contribution in [0.25, 0.3) is 21.5 Å². The molecule has 3 aliphatic heterocycles. The molecule has 0 aliphatic carbocycles. The van der Waals surface area contributed by atoms with E-state index >= 15 is 0 Å². The number of nitrogens with zero attached hydrogens (tertiary/aromatic N) is 6. The highest BCUT2D eigenvalue weighted by Crippen LogP contribution is 2.44. The van der Waals surface area contributed by atoms with Gasteiger partial charge in [-0.2, -0.15) is 0 Å². The summed E-state index contributed by atoms with van der Waals surface area (Å²) >= 11 is 0. The molecule has 0 saturated carbocycles. The summed E-state index contributed by atoms with van der Waals surface area (Å²) in [7, 11) is -3.74. The zero-order valence-corrected chi connectivity index (χ0v) is 26.3. The van der Waals surface area contributed by atoms with E-state index in [1.165, 1.54) is 0 Å². The first-order valence-electron chi connectivity index (χ1n) is 14.7. The van der Waals surface area contributed by atoms with Gasteiger partial charge in [0.1, 0.15) is 22.6 Å². The van der Waals surface area contributed by atoms with Crippen LogP contribution in [0.5, 0.6) is 0 Å². The summed E-state index contributed by atoms with van der Waals surface area (Å²) in [6, 6.07) is 24.1. The van der Waals surface area contributed by atoms with E-state index in [0.717, 1.165) is 32.7 Å². The largest absolute Gasteiger partial charge is 0.568 e. The molecule has 0 unspecified atom stereocenters. The van der Waals surface area contributed by atoms with Crippen LogP contribution in [-0.2, 0) is 9.01 Å². The van der Waals surface area contributed by atoms with Crippen molar-refractivity contribution < 1.29 is 9.01 Å². The molecule has 214 valence electrons. The fourth-order valence-electron chi connectivity index (χ4n) is 5.34. The van der Waals surface area contributed by atoms with Crippen molar-refractivity contribution in [2.75, 3.05) is 13.3 Å². The minimum absolute atomic E-state index is 0.584. The van der Waals surface area contributed by atoms with E-state index in [9.17, 15) is 4.57 Å². The highest BCUT2D eigenvalue weighted by atomic mass is 31.2. The van der Waals surface area contributed by atoms with Crippen LogP contribution >= 0.6 is 7.37 Å². The van der Waals surface area contributed by atoms with Crippen LogP contribution in [0.2, 0.25) is 0 Å². The van der Waals surface area contributed by atoms with E-state index in [4.69, 9.17) is 24.4 Å². The van der Waals surface area contributed by atoms with E-state index in [1.807, 2.05) is 123 Å². The third-order valence-electron chi connectivity index (χ3n) is 6.78. The molecule has 2 aromatic heterocycles. The van der Waals surface area contributed by atoms with E-state index in [1.54, 1.807) is 13.3 Å². The summed E-state index contributed by atoms with van der Waals surface area (Å²) in [5, 5.41) is 3.73. The minimum Gasteiger partial charge on any atom is -0.346 e. The lowest BCUT2D eigenvalue weighted by Crippen LogP contribution is -2.49. The maximum atomic E-state index is 13.2. The Kier molecular flexibility index (Phi) is 8.18. The van der Waals surface area contributed by atoms with Crippen molar-refractivity contribution in [3.05, 3.63) is 94.9 Å². The van der Waals surface area contributed by atoms with Crippen molar-refractivity contribution in [2.24, 2.45) is 20.0 Å². The third-order valence-corrected chi connectivity index (χ3v) is 7.47. The number of hydrogen-bond acceptors (Lipinski definition) is 6. The highest BCUT2D eigenvalue weighted by molar-refractivity contribution is 7.58. The Labute approximate surface area is 246 Å². The molecule has 4 bridgehead atoms. The summed E-state index contributed by atoms with van der Waals surface area (Å²) in [5.41, 5.74) is 3.21. The number of amidine groups is 2. The van der Waals surface area contributed by atoms with Gasteiger partial charge in [0.15, 0.2) is 19.0 Å². The lowest BCUT2D eigenvalue weighted by Gasteiger charge is -2.24. The number of benzene rings is 3. The Hall–Kier alpha value is -4.07. The van der Waals surface area contributed by atoms with E-state index in [2.05, 4.69) is 0 Å². The Morgan fingerprint density at radius 1 is 0.571 bits per heavy atom. The molecule has 3 aromatic carbocycles. The average Bonchev–Trinajstić information content (AvgIpc) is 3.65. The van der Waals surface area contributed by atoms with Gasteiger partial charge in [0.2, 0.25) is 0 Å². The summed E-state index contributed by atoms with van der Waals surface area (Å²) in [6.45, 7) is 15.3. The zero-order valence-electron chi connectivity index (χ0n) is 25.5. The molecule has 3 aliphatic rings. The van der Waals surface area contributed by atoms with Gasteiger partial charge in [-0.3, -0.25) is 4.57 Å². The van der Waals surface area contributed by atoms with Crippen molar-refractivity contribution in [3.8, 4) is 0 Å². The van der Waals surface area contributed by atoms with Crippen LogP contribution in [0.15, 0.2) is 92.8 Å². The normalized spacial score (nSPS) is 13.6. The molecular weight excluding hydrogens is 542 g/mol. The molecule has 0 amide bonds. The predicted octanol–water partition coefficient (Wildman–Crippen LogP) is 7.35. The quantitative estimate of drug-likeness (QED) is 0.162. The first kappa shape index (κ1) is 29.4. The Bertz CT molecular complexity index is 2050. The number of aromatic nitrogens is 2. The van der Waals surface area contributed by atoms with Gasteiger partial charge in [0.05, 0.1) is 0 Å². The van der Waals surface area contributed by atoms with Crippen molar-refractivity contribution in [1.29, 1.82) is 0 Å². The van der Waals surface area contributed by atoms with Crippen molar-refractivity contribution in [2.45, 2.75) is 41.5 Å². The molecule has 42 heavy (non-hydrogen) atoms. The second-order valence-electron chi connectivity index (χ2n) is 9.45. The Morgan fingerprint density at radius 3 is 1.52 bits per heavy atom. The molecule has 5 heterocycles. The van der Waals surface area contributed by atoms with Crippen molar-refractivity contribution >= 4 is 59.4 Å². The zero-order chi connectivity index (χ0) is 30.2. The molecule has 0 saturated heterocycles. The summed E-state index contributed by atoms with van der Waals surface area (Å²) < 4.78 is 23.4. The maximum Gasteiger partial charge on any atom is 0.568 e. The van der Waals surface area contributed by atoms with Gasteiger partial charge < -0.3 is 13.4 Å². The maximum absolute atomic E-state index is 13.2. The van der Waals surface area contributed by atoms with Gasteiger partial charge in [-0.05, 0) is 0 Å². The molecule has 0 fully saturated rings. The molecule has 8 rings (SSSR count). The SMILES string of the molecule is CC.CC.CC.CP(C)(=O)OB1n2c3c4ccccc4c2N=c2c4ccccc4c(n21)=NC1=NC(=N3)c2ccccc21. The molecule has 5 aromatic rings. The Balaban J connectivity index is 0.000000555. The second kappa shape index (κ2) is 11.7. The van der Waals surface area contributed by atoms with Crippen LogP contribution in [0.4, 0.5) is 11.6 Å². The molecule has 0 N–H and O–H groups in total. The van der Waals surface area contributed by atoms with E-state index < -0.39 is 14.6 Å². The molecule has 8 nitrogen and oxygen atoms in total. The van der Waals surface area contributed by atoms with Crippen molar-refractivity contribution in [1.82, 2.24) is 8.96 Å². The second-order valence-corrected chi connectivity index (χ2v) is 12.2. The van der Waals surface area contributed by atoms with Gasteiger partial charge in [-0.1, -0.05) is 114 Å². The van der Waals surface area contributed by atoms with Gasteiger partial charge >= 0.3 is 7.19 Å². The number of fused-ring (bicyclic) bond motifs is 10.